The van der Waals surface area contributed by atoms with Crippen LogP contribution in [0, 0.1) is 0 Å². The van der Waals surface area contributed by atoms with Gasteiger partial charge in [-0.15, -0.1) is 0 Å². The molecule has 1 rings (SSSR count). The molecule has 0 spiro atoms. The molecule has 0 aromatic rings. The first-order valence-corrected chi connectivity index (χ1v) is 10.4. The summed E-state index contributed by atoms with van der Waals surface area (Å²) in [4.78, 5) is 17.5. The summed E-state index contributed by atoms with van der Waals surface area (Å²) in [6.45, 7) is 8.84. The zero-order valence-corrected chi connectivity index (χ0v) is 16.8. The highest BCUT2D eigenvalue weighted by Crippen LogP contribution is 2.15. The number of amides is 1. The molecule has 0 aromatic carbocycles. The Labute approximate surface area is 151 Å². The summed E-state index contributed by atoms with van der Waals surface area (Å²) >= 11 is 0. The molecule has 1 aliphatic rings. The zero-order valence-electron chi connectivity index (χ0n) is 16.0. The third kappa shape index (κ3) is 6.72. The molecule has 8 nitrogen and oxygen atoms in total. The van der Waals surface area contributed by atoms with E-state index in [1.54, 1.807) is 39.6 Å². The summed E-state index contributed by atoms with van der Waals surface area (Å²) in [7, 11) is -1.51. The fourth-order valence-corrected chi connectivity index (χ4v) is 3.40. The molecule has 9 heteroatoms. The SMILES string of the molecule is CCOC(=O)N1CCC(NC(=NC)NCCS(=O)(=O)C(C)(C)C)CC1. The first-order chi connectivity index (χ1) is 11.6. The number of guanidine groups is 1. The minimum atomic E-state index is -3.16. The second-order valence-electron chi connectivity index (χ2n) is 7.03. The van der Waals surface area contributed by atoms with E-state index in [1.165, 1.54) is 0 Å². The molecule has 0 bridgehead atoms. The maximum absolute atomic E-state index is 12.1. The van der Waals surface area contributed by atoms with E-state index in [2.05, 4.69) is 15.6 Å². The second kappa shape index (κ2) is 9.26. The number of hydrogen-bond acceptors (Lipinski definition) is 5. The van der Waals surface area contributed by atoms with Crippen molar-refractivity contribution in [3.8, 4) is 0 Å². The van der Waals surface area contributed by atoms with Gasteiger partial charge in [-0.25, -0.2) is 13.2 Å². The minimum Gasteiger partial charge on any atom is -0.450 e. The van der Waals surface area contributed by atoms with Crippen molar-refractivity contribution in [2.45, 2.75) is 51.3 Å². The van der Waals surface area contributed by atoms with Crippen LogP contribution >= 0.6 is 0 Å². The van der Waals surface area contributed by atoms with E-state index in [-0.39, 0.29) is 17.9 Å². The van der Waals surface area contributed by atoms with Crippen LogP contribution in [0.4, 0.5) is 4.79 Å². The summed E-state index contributed by atoms with van der Waals surface area (Å²) in [6.07, 6.45) is 1.32. The van der Waals surface area contributed by atoms with Gasteiger partial charge in [0.1, 0.15) is 0 Å². The summed E-state index contributed by atoms with van der Waals surface area (Å²) in [5, 5.41) is 6.34. The van der Waals surface area contributed by atoms with E-state index < -0.39 is 14.6 Å². The van der Waals surface area contributed by atoms with Gasteiger partial charge in [0.2, 0.25) is 0 Å². The van der Waals surface area contributed by atoms with E-state index in [0.717, 1.165) is 12.8 Å². The first kappa shape index (κ1) is 21.5. The zero-order chi connectivity index (χ0) is 19.1. The van der Waals surface area contributed by atoms with Gasteiger partial charge < -0.3 is 20.3 Å². The van der Waals surface area contributed by atoms with E-state index in [9.17, 15) is 13.2 Å². The molecule has 1 amide bonds. The summed E-state index contributed by atoms with van der Waals surface area (Å²) in [5.41, 5.74) is 0. The number of ether oxygens (including phenoxy) is 1. The van der Waals surface area contributed by atoms with Crippen LogP contribution in [-0.4, -0.2) is 75.2 Å². The highest BCUT2D eigenvalue weighted by atomic mass is 32.2. The highest BCUT2D eigenvalue weighted by molar-refractivity contribution is 7.92. The monoisotopic (exact) mass is 376 g/mol. The smallest absolute Gasteiger partial charge is 0.409 e. The van der Waals surface area contributed by atoms with Gasteiger partial charge in [0, 0.05) is 32.7 Å². The number of likely N-dealkylation sites (tertiary alicyclic amines) is 1. The number of sulfone groups is 1. The Morgan fingerprint density at radius 2 is 1.88 bits per heavy atom. The normalized spacial score (nSPS) is 17.3. The molecule has 1 fully saturated rings. The molecule has 2 N–H and O–H groups in total. The average molecular weight is 377 g/mol. The Bertz CT molecular complexity index is 561. The molecule has 0 radical (unpaired) electrons. The van der Waals surface area contributed by atoms with Crippen LogP contribution in [0.25, 0.3) is 0 Å². The van der Waals surface area contributed by atoms with Crippen molar-refractivity contribution in [1.82, 2.24) is 15.5 Å². The van der Waals surface area contributed by atoms with Gasteiger partial charge in [0.25, 0.3) is 0 Å². The van der Waals surface area contributed by atoms with Gasteiger partial charge in [0.15, 0.2) is 15.8 Å². The largest absolute Gasteiger partial charge is 0.450 e. The maximum Gasteiger partial charge on any atom is 0.409 e. The standard InChI is InChI=1S/C16H32N4O4S/c1-6-24-15(21)20-10-7-13(8-11-20)19-14(17-5)18-9-12-25(22,23)16(2,3)4/h13H,6-12H2,1-5H3,(H2,17,18,19). The Morgan fingerprint density at radius 1 is 1.28 bits per heavy atom. The average Bonchev–Trinajstić information content (AvgIpc) is 2.53. The highest BCUT2D eigenvalue weighted by Gasteiger charge is 2.28. The van der Waals surface area contributed by atoms with Gasteiger partial charge in [-0.3, -0.25) is 4.99 Å². The van der Waals surface area contributed by atoms with Crippen LogP contribution in [0.3, 0.4) is 0 Å². The quantitative estimate of drug-likeness (QED) is 0.548. The molecule has 1 aliphatic heterocycles. The van der Waals surface area contributed by atoms with Crippen molar-refractivity contribution >= 4 is 21.9 Å². The van der Waals surface area contributed by atoms with Crippen LogP contribution < -0.4 is 10.6 Å². The van der Waals surface area contributed by atoms with Crippen molar-refractivity contribution in [3.63, 3.8) is 0 Å². The number of piperidine rings is 1. The molecule has 0 aliphatic carbocycles. The molecule has 1 saturated heterocycles. The summed E-state index contributed by atoms with van der Waals surface area (Å²) in [6, 6.07) is 0.191. The topological polar surface area (TPSA) is 100 Å². The lowest BCUT2D eigenvalue weighted by Crippen LogP contribution is -2.50. The molecule has 146 valence electrons. The fourth-order valence-electron chi connectivity index (χ4n) is 2.42. The molecule has 1 heterocycles. The van der Waals surface area contributed by atoms with Crippen LogP contribution in [0.2, 0.25) is 0 Å². The van der Waals surface area contributed by atoms with Crippen LogP contribution in [0.1, 0.15) is 40.5 Å². The van der Waals surface area contributed by atoms with E-state index in [4.69, 9.17) is 4.74 Å². The van der Waals surface area contributed by atoms with Gasteiger partial charge in [-0.1, -0.05) is 0 Å². The molecule has 0 saturated carbocycles. The Kier molecular flexibility index (Phi) is 7.98. The van der Waals surface area contributed by atoms with Crippen molar-refractivity contribution in [3.05, 3.63) is 0 Å². The number of carbonyl (C=O) groups is 1. The number of nitrogens with zero attached hydrogens (tertiary/aromatic N) is 2. The maximum atomic E-state index is 12.1. The second-order valence-corrected chi connectivity index (χ2v) is 9.90. The van der Waals surface area contributed by atoms with Crippen molar-refractivity contribution in [2.24, 2.45) is 4.99 Å². The Morgan fingerprint density at radius 3 is 2.36 bits per heavy atom. The number of hydrogen-bond donors (Lipinski definition) is 2. The lowest BCUT2D eigenvalue weighted by Gasteiger charge is -2.32. The number of rotatable bonds is 5. The number of carbonyl (C=O) groups excluding carboxylic acids is 1. The summed E-state index contributed by atoms with van der Waals surface area (Å²) < 4.78 is 28.5. The lowest BCUT2D eigenvalue weighted by atomic mass is 10.1. The predicted molar refractivity (Wildman–Crippen MR) is 99.7 cm³/mol. The molecular weight excluding hydrogens is 344 g/mol. The third-order valence-corrected chi connectivity index (χ3v) is 6.79. The molecule has 0 atom stereocenters. The molecule has 0 aromatic heterocycles. The predicted octanol–water partition coefficient (Wildman–Crippen LogP) is 0.986. The third-order valence-electron chi connectivity index (χ3n) is 4.18. The molecule has 25 heavy (non-hydrogen) atoms. The molecule has 0 unspecified atom stereocenters. The van der Waals surface area contributed by atoms with Crippen molar-refractivity contribution in [2.75, 3.05) is 39.0 Å². The Hall–Kier alpha value is -1.51. The van der Waals surface area contributed by atoms with Crippen molar-refractivity contribution < 1.29 is 17.9 Å². The molecular formula is C16H32N4O4S. The van der Waals surface area contributed by atoms with Gasteiger partial charge in [0.05, 0.1) is 17.1 Å². The van der Waals surface area contributed by atoms with Gasteiger partial charge in [-0.2, -0.15) is 0 Å². The number of nitrogens with one attached hydrogen (secondary N) is 2. The lowest BCUT2D eigenvalue weighted by molar-refractivity contribution is 0.0963. The summed E-state index contributed by atoms with van der Waals surface area (Å²) in [5.74, 6) is 0.636. The number of aliphatic imine (C=N–C) groups is 1. The van der Waals surface area contributed by atoms with Crippen LogP contribution in [-0.2, 0) is 14.6 Å². The van der Waals surface area contributed by atoms with Crippen LogP contribution in [0.5, 0.6) is 0 Å². The van der Waals surface area contributed by atoms with Crippen LogP contribution in [0.15, 0.2) is 4.99 Å². The fraction of sp³-hybridized carbons (Fsp3) is 0.875. The van der Waals surface area contributed by atoms with E-state index >= 15 is 0 Å². The Balaban J connectivity index is 2.40. The van der Waals surface area contributed by atoms with Gasteiger partial charge >= 0.3 is 6.09 Å². The minimum absolute atomic E-state index is 0.0541. The first-order valence-electron chi connectivity index (χ1n) is 8.72. The van der Waals surface area contributed by atoms with Gasteiger partial charge in [-0.05, 0) is 40.5 Å². The van der Waals surface area contributed by atoms with E-state index in [1.807, 2.05) is 0 Å². The van der Waals surface area contributed by atoms with Crippen molar-refractivity contribution in [1.29, 1.82) is 0 Å². The van der Waals surface area contributed by atoms with E-state index in [0.29, 0.717) is 32.2 Å².